The van der Waals surface area contributed by atoms with Gasteiger partial charge < -0.3 is 0 Å². The fourth-order valence-electron chi connectivity index (χ4n) is 0.894. The van der Waals surface area contributed by atoms with E-state index in [0.29, 0.717) is 0 Å². The van der Waals surface area contributed by atoms with Crippen LogP contribution >= 0.6 is 0 Å². The zero-order valence-corrected chi connectivity index (χ0v) is 9.16. The molecule has 0 aromatic heterocycles. The normalized spacial score (nSPS) is 9.64. The Labute approximate surface area is 77.8 Å². The monoisotopic (exact) mass is 266 g/mol. The summed E-state index contributed by atoms with van der Waals surface area (Å²) in [6.45, 7) is 2.23. The molecule has 0 bridgehead atoms. The maximum absolute atomic E-state index is 5.23. The van der Waals surface area contributed by atoms with E-state index < -0.39 is 0 Å². The Hall–Kier alpha value is -0.190. The number of benzene rings is 1. The van der Waals surface area contributed by atoms with E-state index >= 15 is 0 Å². The summed E-state index contributed by atoms with van der Waals surface area (Å²) < 4.78 is 7.96. The van der Waals surface area contributed by atoms with Crippen molar-refractivity contribution in [1.82, 2.24) is 0 Å². The van der Waals surface area contributed by atoms with E-state index in [-0.39, 0.29) is 20.9 Å². The molecule has 0 amide bonds. The molecule has 0 unspecified atom stereocenters. The van der Waals surface area contributed by atoms with Gasteiger partial charge >= 0.3 is 77.8 Å². The first-order chi connectivity index (χ1) is 5.38. The van der Waals surface area contributed by atoms with Gasteiger partial charge in [-0.05, 0) is 0 Å². The molecule has 60 valence electrons. The minimum atomic E-state index is 0.00877. The summed E-state index contributed by atoms with van der Waals surface area (Å²) in [6, 6.07) is 8.31. The second-order valence-corrected chi connectivity index (χ2v) is 5.81. The number of para-hydroxylation sites is 1. The van der Waals surface area contributed by atoms with Crippen molar-refractivity contribution >= 4 is 24.5 Å². The molecule has 0 aliphatic rings. The van der Waals surface area contributed by atoms with E-state index in [4.69, 9.17) is 4.74 Å². The van der Waals surface area contributed by atoms with Crippen LogP contribution in [0.3, 0.4) is 0 Å². The molecule has 0 N–H and O–H groups in total. The second-order valence-electron chi connectivity index (χ2n) is 2.08. The first-order valence-electron chi connectivity index (χ1n) is 3.64. The summed E-state index contributed by atoms with van der Waals surface area (Å²) >= 11 is 0.00877. The van der Waals surface area contributed by atoms with Gasteiger partial charge in [-0.2, -0.15) is 0 Å². The van der Waals surface area contributed by atoms with Crippen LogP contribution in [0.2, 0.25) is 4.47 Å². The van der Waals surface area contributed by atoms with Crippen molar-refractivity contribution in [2.45, 2.75) is 11.4 Å². The van der Waals surface area contributed by atoms with Gasteiger partial charge in [0, 0.05) is 0 Å². The molecule has 0 radical (unpaired) electrons. The first-order valence-corrected chi connectivity index (χ1v) is 6.45. The fraction of sp³-hybridized carbons (Fsp3) is 0.333. The van der Waals surface area contributed by atoms with Crippen molar-refractivity contribution in [3.05, 3.63) is 24.3 Å². The molecule has 0 spiro atoms. The van der Waals surface area contributed by atoms with Gasteiger partial charge in [-0.3, -0.25) is 0 Å². The number of ether oxygens (including phenoxy) is 1. The Morgan fingerprint density at radius 3 is 2.73 bits per heavy atom. The predicted octanol–water partition coefficient (Wildman–Crippen LogP) is 1.46. The third-order valence-electron chi connectivity index (χ3n) is 1.37. The van der Waals surface area contributed by atoms with E-state index in [1.54, 1.807) is 7.11 Å². The molecule has 0 aliphatic heterocycles. The molecule has 1 aromatic carbocycles. The third-order valence-corrected chi connectivity index (χ3v) is 4.04. The first kappa shape index (κ1) is 8.90. The summed E-state index contributed by atoms with van der Waals surface area (Å²) in [5.74, 6) is 1.07. The maximum atomic E-state index is 5.23. The van der Waals surface area contributed by atoms with E-state index in [1.165, 1.54) is 8.08 Å². The molecule has 11 heavy (non-hydrogen) atoms. The fourth-order valence-corrected chi connectivity index (χ4v) is 3.12. The van der Waals surface area contributed by atoms with Crippen LogP contribution in [0.5, 0.6) is 5.75 Å². The number of hydrogen-bond acceptors (Lipinski definition) is 1. The van der Waals surface area contributed by atoms with Gasteiger partial charge in [0.1, 0.15) is 0 Å². The molecule has 1 rings (SSSR count). The zero-order chi connectivity index (χ0) is 8.10. The Morgan fingerprint density at radius 2 is 2.09 bits per heavy atom. The van der Waals surface area contributed by atoms with E-state index in [9.17, 15) is 0 Å². The average molecular weight is 264 g/mol. The second kappa shape index (κ2) is 4.64. The van der Waals surface area contributed by atoms with Crippen molar-refractivity contribution in [3.63, 3.8) is 0 Å². The van der Waals surface area contributed by atoms with E-state index in [0.717, 1.165) is 5.75 Å². The SMILES string of the molecule is CC[Te]c1ccccc1OC. The molecule has 0 atom stereocenters. The summed E-state index contributed by atoms with van der Waals surface area (Å²) in [4.78, 5) is 0. The number of rotatable bonds is 3. The van der Waals surface area contributed by atoms with Crippen molar-refractivity contribution in [2.75, 3.05) is 7.11 Å². The van der Waals surface area contributed by atoms with Crippen LogP contribution < -0.4 is 8.35 Å². The topological polar surface area (TPSA) is 9.23 Å². The van der Waals surface area contributed by atoms with Crippen LogP contribution in [0.1, 0.15) is 6.92 Å². The summed E-state index contributed by atoms with van der Waals surface area (Å²) in [7, 11) is 1.74. The molecule has 1 nitrogen and oxygen atoms in total. The Bertz CT molecular complexity index is 223. The molecule has 0 aliphatic carbocycles. The molecular weight excluding hydrogens is 252 g/mol. The summed E-state index contributed by atoms with van der Waals surface area (Å²) in [6.07, 6.45) is 0. The van der Waals surface area contributed by atoms with Gasteiger partial charge in [-0.15, -0.1) is 0 Å². The number of hydrogen-bond donors (Lipinski definition) is 0. The Kier molecular flexibility index (Phi) is 3.75. The third kappa shape index (κ3) is 2.39. The van der Waals surface area contributed by atoms with Gasteiger partial charge in [0.25, 0.3) is 0 Å². The minimum absolute atomic E-state index is 0.00877. The van der Waals surface area contributed by atoms with Gasteiger partial charge in [-0.1, -0.05) is 0 Å². The Balaban J connectivity index is 2.83. The van der Waals surface area contributed by atoms with Crippen LogP contribution in [0, 0.1) is 0 Å². The average Bonchev–Trinajstić information content (AvgIpc) is 2.06. The van der Waals surface area contributed by atoms with Gasteiger partial charge in [-0.25, -0.2) is 0 Å². The Morgan fingerprint density at radius 1 is 1.36 bits per heavy atom. The van der Waals surface area contributed by atoms with Crippen LogP contribution in [0.4, 0.5) is 0 Å². The van der Waals surface area contributed by atoms with Crippen LogP contribution in [0.25, 0.3) is 0 Å². The van der Waals surface area contributed by atoms with Crippen molar-refractivity contribution < 1.29 is 4.74 Å². The molecule has 0 fully saturated rings. The predicted molar refractivity (Wildman–Crippen MR) is 48.9 cm³/mol. The van der Waals surface area contributed by atoms with Gasteiger partial charge in [0.15, 0.2) is 0 Å². The van der Waals surface area contributed by atoms with Crippen LogP contribution in [-0.2, 0) is 0 Å². The molecule has 0 heterocycles. The summed E-state index contributed by atoms with van der Waals surface area (Å²) in [5, 5.41) is 0. The van der Waals surface area contributed by atoms with E-state index in [2.05, 4.69) is 19.1 Å². The molecular formula is C9H12OTe. The van der Waals surface area contributed by atoms with Crippen molar-refractivity contribution in [3.8, 4) is 5.75 Å². The van der Waals surface area contributed by atoms with Gasteiger partial charge in [0.2, 0.25) is 0 Å². The number of methoxy groups -OCH3 is 1. The van der Waals surface area contributed by atoms with Crippen molar-refractivity contribution in [1.29, 1.82) is 0 Å². The van der Waals surface area contributed by atoms with Crippen LogP contribution in [0.15, 0.2) is 24.3 Å². The molecule has 0 saturated carbocycles. The molecule has 2 heteroatoms. The van der Waals surface area contributed by atoms with Gasteiger partial charge in [0.05, 0.1) is 0 Å². The summed E-state index contributed by atoms with van der Waals surface area (Å²) in [5.41, 5.74) is 0. The molecule has 0 saturated heterocycles. The standard InChI is InChI=1S/C9H12OTe/c1-3-11-9-7-5-4-6-8(9)10-2/h4-7H,3H2,1-2H3. The molecule has 1 aromatic rings. The van der Waals surface area contributed by atoms with Crippen LogP contribution in [-0.4, -0.2) is 28.0 Å². The zero-order valence-electron chi connectivity index (χ0n) is 6.83. The van der Waals surface area contributed by atoms with E-state index in [1.807, 2.05) is 12.1 Å². The quantitative estimate of drug-likeness (QED) is 0.751. The van der Waals surface area contributed by atoms with Crippen molar-refractivity contribution in [2.24, 2.45) is 0 Å².